The molecular weight excluding hydrogens is 210 g/mol. The Morgan fingerprint density at radius 3 is 2.41 bits per heavy atom. The molecule has 0 heterocycles. The normalized spacial score (nSPS) is 9.59. The zero-order valence-electron chi connectivity index (χ0n) is 9.22. The number of aromatic hydroxyl groups is 1. The van der Waals surface area contributed by atoms with Crippen LogP contribution in [0.4, 0.5) is 0 Å². The van der Waals surface area contributed by atoms with Crippen molar-refractivity contribution < 1.29 is 5.11 Å². The van der Waals surface area contributed by atoms with Crippen molar-refractivity contribution in [2.24, 2.45) is 0 Å². The largest absolute Gasteiger partial charge is 0.507 e. The second-order valence-corrected chi connectivity index (χ2v) is 3.69. The molecule has 2 rings (SSSR count). The van der Waals surface area contributed by atoms with Crippen LogP contribution in [-0.4, -0.2) is 5.11 Å². The Morgan fingerprint density at radius 2 is 1.82 bits per heavy atom. The van der Waals surface area contributed by atoms with Gasteiger partial charge in [-0.3, -0.25) is 0 Å². The van der Waals surface area contributed by atoms with Crippen LogP contribution in [0.3, 0.4) is 0 Å². The summed E-state index contributed by atoms with van der Waals surface area (Å²) >= 11 is 0. The van der Waals surface area contributed by atoms with Crippen molar-refractivity contribution in [1.82, 2.24) is 0 Å². The van der Waals surface area contributed by atoms with Gasteiger partial charge < -0.3 is 5.11 Å². The van der Waals surface area contributed by atoms with Gasteiger partial charge in [-0.15, -0.1) is 0 Å². The minimum Gasteiger partial charge on any atom is -0.507 e. The van der Waals surface area contributed by atoms with Crippen LogP contribution in [0.25, 0.3) is 5.57 Å². The van der Waals surface area contributed by atoms with Gasteiger partial charge >= 0.3 is 0 Å². The van der Waals surface area contributed by atoms with E-state index >= 15 is 0 Å². The highest BCUT2D eigenvalue weighted by atomic mass is 16.3. The number of hydrogen-bond donors (Lipinski definition) is 1. The fourth-order valence-electron chi connectivity index (χ4n) is 1.65. The van der Waals surface area contributed by atoms with Crippen LogP contribution in [0.1, 0.15) is 16.7 Å². The molecule has 0 atom stereocenters. The highest BCUT2D eigenvalue weighted by Gasteiger charge is 2.07. The zero-order valence-corrected chi connectivity index (χ0v) is 9.22. The molecule has 2 nitrogen and oxygen atoms in total. The Hall–Kier alpha value is -2.53. The Labute approximate surface area is 100 Å². The standard InChI is InChI=1S/C15H11NO/c1-11(13-5-3-2-4-6-13)14-8-7-12(10-16)9-15(14)17/h2-9,17H,1H2. The second kappa shape index (κ2) is 4.54. The van der Waals surface area contributed by atoms with Crippen molar-refractivity contribution in [1.29, 1.82) is 5.26 Å². The van der Waals surface area contributed by atoms with Crippen LogP contribution in [0.2, 0.25) is 0 Å². The predicted octanol–water partition coefficient (Wildman–Crippen LogP) is 3.33. The minimum absolute atomic E-state index is 0.0814. The van der Waals surface area contributed by atoms with E-state index in [1.165, 1.54) is 6.07 Å². The minimum atomic E-state index is 0.0814. The average molecular weight is 221 g/mol. The first-order valence-electron chi connectivity index (χ1n) is 5.20. The quantitative estimate of drug-likeness (QED) is 0.845. The van der Waals surface area contributed by atoms with Crippen molar-refractivity contribution in [3.8, 4) is 11.8 Å². The van der Waals surface area contributed by atoms with Gasteiger partial charge in [-0.2, -0.15) is 5.26 Å². The van der Waals surface area contributed by atoms with E-state index in [0.29, 0.717) is 11.1 Å². The lowest BCUT2D eigenvalue weighted by Crippen LogP contribution is -1.87. The van der Waals surface area contributed by atoms with Crippen LogP contribution >= 0.6 is 0 Å². The van der Waals surface area contributed by atoms with Gasteiger partial charge in [0.2, 0.25) is 0 Å². The van der Waals surface area contributed by atoms with E-state index in [4.69, 9.17) is 5.26 Å². The Balaban J connectivity index is 2.43. The maximum atomic E-state index is 9.84. The Kier molecular flexibility index (Phi) is 2.93. The van der Waals surface area contributed by atoms with Crippen LogP contribution in [0, 0.1) is 11.3 Å². The zero-order chi connectivity index (χ0) is 12.3. The van der Waals surface area contributed by atoms with Crippen molar-refractivity contribution in [3.05, 3.63) is 71.8 Å². The molecule has 0 unspecified atom stereocenters. The molecule has 0 fully saturated rings. The smallest absolute Gasteiger partial charge is 0.124 e. The number of rotatable bonds is 2. The first-order chi connectivity index (χ1) is 8.22. The lowest BCUT2D eigenvalue weighted by Gasteiger charge is -2.08. The van der Waals surface area contributed by atoms with Crippen molar-refractivity contribution in [2.75, 3.05) is 0 Å². The maximum Gasteiger partial charge on any atom is 0.124 e. The maximum absolute atomic E-state index is 9.84. The molecule has 2 aromatic carbocycles. The third-order valence-corrected chi connectivity index (χ3v) is 2.57. The SMILES string of the molecule is C=C(c1ccccc1)c1ccc(C#N)cc1O. The Morgan fingerprint density at radius 1 is 1.12 bits per heavy atom. The van der Waals surface area contributed by atoms with Gasteiger partial charge in [0.05, 0.1) is 11.6 Å². The lowest BCUT2D eigenvalue weighted by molar-refractivity contribution is 0.473. The van der Waals surface area contributed by atoms with E-state index in [1.54, 1.807) is 12.1 Å². The van der Waals surface area contributed by atoms with Crippen LogP contribution in [0.15, 0.2) is 55.1 Å². The second-order valence-electron chi connectivity index (χ2n) is 3.69. The summed E-state index contributed by atoms with van der Waals surface area (Å²) in [6.07, 6.45) is 0. The number of nitrogens with zero attached hydrogens (tertiary/aromatic N) is 1. The number of hydrogen-bond acceptors (Lipinski definition) is 2. The summed E-state index contributed by atoms with van der Waals surface area (Å²) in [4.78, 5) is 0. The van der Waals surface area contributed by atoms with Gasteiger partial charge in [0.1, 0.15) is 5.75 Å². The van der Waals surface area contributed by atoms with Gasteiger partial charge in [0.25, 0.3) is 0 Å². The van der Waals surface area contributed by atoms with Crippen LogP contribution < -0.4 is 0 Å². The molecule has 0 saturated heterocycles. The number of nitriles is 1. The third-order valence-electron chi connectivity index (χ3n) is 2.57. The molecule has 0 spiro atoms. The van der Waals surface area contributed by atoms with Crippen LogP contribution in [-0.2, 0) is 0 Å². The average Bonchev–Trinajstić information content (AvgIpc) is 2.39. The van der Waals surface area contributed by atoms with Crippen molar-refractivity contribution in [2.45, 2.75) is 0 Å². The molecule has 0 amide bonds. The molecule has 1 N–H and O–H groups in total. The summed E-state index contributed by atoms with van der Waals surface area (Å²) in [5.74, 6) is 0.0814. The summed E-state index contributed by atoms with van der Waals surface area (Å²) in [6.45, 7) is 3.97. The molecule has 0 aliphatic rings. The molecule has 0 aliphatic carbocycles. The molecule has 0 aliphatic heterocycles. The van der Waals surface area contributed by atoms with Crippen LogP contribution in [0.5, 0.6) is 5.75 Å². The van der Waals surface area contributed by atoms with Crippen molar-refractivity contribution >= 4 is 5.57 Å². The van der Waals surface area contributed by atoms with E-state index in [0.717, 1.165) is 11.1 Å². The fraction of sp³-hybridized carbons (Fsp3) is 0. The molecular formula is C15H11NO. The highest BCUT2D eigenvalue weighted by molar-refractivity contribution is 5.81. The summed E-state index contributed by atoms with van der Waals surface area (Å²) < 4.78 is 0. The summed E-state index contributed by atoms with van der Waals surface area (Å²) in [5, 5.41) is 18.6. The molecule has 0 saturated carbocycles. The van der Waals surface area contributed by atoms with Gasteiger partial charge in [0.15, 0.2) is 0 Å². The predicted molar refractivity (Wildman–Crippen MR) is 67.4 cm³/mol. The summed E-state index contributed by atoms with van der Waals surface area (Å²) in [6, 6.07) is 16.4. The number of phenolic OH excluding ortho intramolecular Hbond substituents is 1. The molecule has 82 valence electrons. The van der Waals surface area contributed by atoms with E-state index in [-0.39, 0.29) is 5.75 Å². The van der Waals surface area contributed by atoms with Gasteiger partial charge in [-0.25, -0.2) is 0 Å². The van der Waals surface area contributed by atoms with E-state index in [1.807, 2.05) is 36.4 Å². The third kappa shape index (κ3) is 2.19. The Bertz CT molecular complexity index is 594. The first-order valence-corrected chi connectivity index (χ1v) is 5.20. The molecule has 0 aromatic heterocycles. The van der Waals surface area contributed by atoms with Gasteiger partial charge in [0, 0.05) is 5.56 Å². The monoisotopic (exact) mass is 221 g/mol. The van der Waals surface area contributed by atoms with E-state index in [2.05, 4.69) is 6.58 Å². The van der Waals surface area contributed by atoms with E-state index < -0.39 is 0 Å². The lowest BCUT2D eigenvalue weighted by atomic mass is 9.98. The van der Waals surface area contributed by atoms with Crippen molar-refractivity contribution in [3.63, 3.8) is 0 Å². The molecule has 17 heavy (non-hydrogen) atoms. The number of benzene rings is 2. The van der Waals surface area contributed by atoms with E-state index in [9.17, 15) is 5.11 Å². The topological polar surface area (TPSA) is 44.0 Å². The van der Waals surface area contributed by atoms with Gasteiger partial charge in [-0.05, 0) is 29.3 Å². The highest BCUT2D eigenvalue weighted by Crippen LogP contribution is 2.29. The number of phenols is 1. The molecule has 0 radical (unpaired) electrons. The fourth-order valence-corrected chi connectivity index (χ4v) is 1.65. The molecule has 2 heteroatoms. The summed E-state index contributed by atoms with van der Waals surface area (Å²) in [5.41, 5.74) is 2.78. The summed E-state index contributed by atoms with van der Waals surface area (Å²) in [7, 11) is 0. The van der Waals surface area contributed by atoms with Gasteiger partial charge in [-0.1, -0.05) is 36.9 Å². The molecule has 0 bridgehead atoms. The first kappa shape index (κ1) is 11.0. The molecule has 2 aromatic rings.